The van der Waals surface area contributed by atoms with Crippen molar-refractivity contribution in [2.24, 2.45) is 0 Å². The van der Waals surface area contributed by atoms with Crippen LogP contribution in [0.2, 0.25) is 0 Å². The highest BCUT2D eigenvalue weighted by molar-refractivity contribution is 5.26. The molecule has 3 heteroatoms. The zero-order chi connectivity index (χ0) is 15.2. The Morgan fingerprint density at radius 1 is 1.00 bits per heavy atom. The van der Waals surface area contributed by atoms with E-state index in [4.69, 9.17) is 0 Å². The molecule has 0 aliphatic carbocycles. The predicted octanol–water partition coefficient (Wildman–Crippen LogP) is 3.77. The summed E-state index contributed by atoms with van der Waals surface area (Å²) in [6.07, 6.45) is 9.97. The van der Waals surface area contributed by atoms with E-state index in [2.05, 4.69) is 22.0 Å². The summed E-state index contributed by atoms with van der Waals surface area (Å²) in [7, 11) is 0. The minimum atomic E-state index is 0.348. The Morgan fingerprint density at radius 2 is 1.77 bits per heavy atom. The van der Waals surface area contributed by atoms with Gasteiger partial charge in [0.05, 0.1) is 0 Å². The number of aromatic nitrogens is 1. The van der Waals surface area contributed by atoms with E-state index in [1.54, 1.807) is 12.1 Å². The molecule has 3 nitrogen and oxygen atoms in total. The molecule has 0 bridgehead atoms. The first kappa shape index (κ1) is 15.0. The van der Waals surface area contributed by atoms with Gasteiger partial charge in [0, 0.05) is 25.0 Å². The van der Waals surface area contributed by atoms with Crippen molar-refractivity contribution in [1.82, 2.24) is 9.88 Å². The number of rotatable bonds is 5. The topological polar surface area (TPSA) is 36.4 Å². The van der Waals surface area contributed by atoms with Crippen molar-refractivity contribution in [3.63, 3.8) is 0 Å². The third-order valence-corrected chi connectivity index (χ3v) is 4.59. The third-order valence-electron chi connectivity index (χ3n) is 4.59. The van der Waals surface area contributed by atoms with E-state index in [-0.39, 0.29) is 0 Å². The summed E-state index contributed by atoms with van der Waals surface area (Å²) >= 11 is 0. The number of pyridine rings is 1. The lowest BCUT2D eigenvalue weighted by atomic mass is 9.95. The number of aromatic hydroxyl groups is 1. The molecule has 22 heavy (non-hydrogen) atoms. The molecule has 1 aromatic carbocycles. The number of piperidine rings is 1. The number of likely N-dealkylation sites (tertiary alicyclic amines) is 1. The van der Waals surface area contributed by atoms with Crippen molar-refractivity contribution < 1.29 is 5.11 Å². The number of hydrogen-bond acceptors (Lipinski definition) is 3. The molecule has 1 saturated heterocycles. The highest BCUT2D eigenvalue weighted by Crippen LogP contribution is 2.23. The lowest BCUT2D eigenvalue weighted by molar-refractivity contribution is 0.132. The molecular weight excluding hydrogens is 272 g/mol. The molecule has 1 atom stereocenters. The fourth-order valence-corrected chi connectivity index (χ4v) is 3.31. The molecule has 116 valence electrons. The van der Waals surface area contributed by atoms with Gasteiger partial charge in [-0.05, 0) is 67.6 Å². The average molecular weight is 296 g/mol. The van der Waals surface area contributed by atoms with Crippen LogP contribution >= 0.6 is 0 Å². The molecule has 1 unspecified atom stereocenters. The molecule has 1 fully saturated rings. The van der Waals surface area contributed by atoms with E-state index < -0.39 is 0 Å². The van der Waals surface area contributed by atoms with Crippen LogP contribution in [0.15, 0.2) is 48.8 Å². The summed E-state index contributed by atoms with van der Waals surface area (Å²) in [6.45, 7) is 2.23. The number of nitrogens with zero attached hydrogens (tertiary/aromatic N) is 2. The number of phenols is 1. The Labute approximate surface area is 132 Å². The first-order valence-corrected chi connectivity index (χ1v) is 8.22. The monoisotopic (exact) mass is 296 g/mol. The number of phenolic OH excluding ortho intramolecular Hbond substituents is 1. The van der Waals surface area contributed by atoms with Crippen LogP contribution in [0.1, 0.15) is 36.8 Å². The van der Waals surface area contributed by atoms with Crippen LogP contribution in [0.5, 0.6) is 5.75 Å². The Morgan fingerprint density at radius 3 is 2.55 bits per heavy atom. The minimum Gasteiger partial charge on any atom is -0.508 e. The Hall–Kier alpha value is -1.87. The van der Waals surface area contributed by atoms with E-state index >= 15 is 0 Å². The van der Waals surface area contributed by atoms with E-state index in [1.807, 2.05) is 24.5 Å². The van der Waals surface area contributed by atoms with Crippen molar-refractivity contribution in [2.45, 2.75) is 44.7 Å². The summed E-state index contributed by atoms with van der Waals surface area (Å²) in [5.74, 6) is 0.348. The number of hydrogen-bond donors (Lipinski definition) is 1. The van der Waals surface area contributed by atoms with Crippen LogP contribution in [0.4, 0.5) is 0 Å². The predicted molar refractivity (Wildman–Crippen MR) is 88.7 cm³/mol. The lowest BCUT2D eigenvalue weighted by Gasteiger charge is -2.36. The van der Waals surface area contributed by atoms with Crippen LogP contribution in [-0.4, -0.2) is 27.6 Å². The third kappa shape index (κ3) is 4.08. The van der Waals surface area contributed by atoms with Gasteiger partial charge in [-0.25, -0.2) is 0 Å². The molecule has 2 aromatic rings. The van der Waals surface area contributed by atoms with Crippen LogP contribution in [0.3, 0.4) is 0 Å². The molecule has 0 spiro atoms. The van der Waals surface area contributed by atoms with Gasteiger partial charge in [-0.1, -0.05) is 18.6 Å². The number of benzene rings is 1. The van der Waals surface area contributed by atoms with E-state index in [0.717, 1.165) is 13.0 Å². The Bertz CT molecular complexity index is 568. The summed E-state index contributed by atoms with van der Waals surface area (Å²) < 4.78 is 0. The molecule has 2 heterocycles. The Balaban J connectivity index is 1.59. The minimum absolute atomic E-state index is 0.348. The van der Waals surface area contributed by atoms with Gasteiger partial charge < -0.3 is 5.11 Å². The molecule has 3 rings (SSSR count). The van der Waals surface area contributed by atoms with Crippen molar-refractivity contribution in [3.05, 3.63) is 59.9 Å². The second-order valence-electron chi connectivity index (χ2n) is 6.18. The molecule has 0 saturated carbocycles. The van der Waals surface area contributed by atoms with Crippen LogP contribution in [0, 0.1) is 0 Å². The molecule has 0 radical (unpaired) electrons. The SMILES string of the molecule is Oc1ccc(CCC2CCCCN2Cc2ccncc2)cc1. The van der Waals surface area contributed by atoms with E-state index in [1.165, 1.54) is 43.4 Å². The van der Waals surface area contributed by atoms with Crippen LogP contribution in [-0.2, 0) is 13.0 Å². The van der Waals surface area contributed by atoms with Gasteiger partial charge in [0.15, 0.2) is 0 Å². The van der Waals surface area contributed by atoms with Gasteiger partial charge in [-0.3, -0.25) is 9.88 Å². The fraction of sp³-hybridized carbons (Fsp3) is 0.421. The van der Waals surface area contributed by atoms with Gasteiger partial charge >= 0.3 is 0 Å². The molecule has 1 aliphatic heterocycles. The standard InChI is InChI=1S/C19H24N2O/c22-19-8-5-16(6-9-19)4-7-18-3-1-2-14-21(18)15-17-10-12-20-13-11-17/h5-6,8-13,18,22H,1-4,7,14-15H2. The van der Waals surface area contributed by atoms with Crippen LogP contribution in [0.25, 0.3) is 0 Å². The summed E-state index contributed by atoms with van der Waals surface area (Å²) in [6, 6.07) is 12.5. The fourth-order valence-electron chi connectivity index (χ4n) is 3.31. The second-order valence-corrected chi connectivity index (χ2v) is 6.18. The van der Waals surface area contributed by atoms with Crippen molar-refractivity contribution >= 4 is 0 Å². The van der Waals surface area contributed by atoms with Gasteiger partial charge in [0.2, 0.25) is 0 Å². The normalized spacial score (nSPS) is 19.2. The van der Waals surface area contributed by atoms with E-state index in [0.29, 0.717) is 11.8 Å². The van der Waals surface area contributed by atoms with Gasteiger partial charge in [-0.2, -0.15) is 0 Å². The molecule has 1 aromatic heterocycles. The maximum Gasteiger partial charge on any atom is 0.115 e. The van der Waals surface area contributed by atoms with Crippen molar-refractivity contribution in [2.75, 3.05) is 6.54 Å². The highest BCUT2D eigenvalue weighted by atomic mass is 16.3. The Kier molecular flexibility index (Phi) is 5.07. The van der Waals surface area contributed by atoms with Crippen molar-refractivity contribution in [1.29, 1.82) is 0 Å². The summed E-state index contributed by atoms with van der Waals surface area (Å²) in [5, 5.41) is 9.37. The van der Waals surface area contributed by atoms with Crippen molar-refractivity contribution in [3.8, 4) is 5.75 Å². The van der Waals surface area contributed by atoms with Gasteiger partial charge in [-0.15, -0.1) is 0 Å². The first-order chi connectivity index (χ1) is 10.8. The average Bonchev–Trinajstić information content (AvgIpc) is 2.56. The maximum atomic E-state index is 9.37. The van der Waals surface area contributed by atoms with Gasteiger partial charge in [0.1, 0.15) is 5.75 Å². The maximum absolute atomic E-state index is 9.37. The largest absolute Gasteiger partial charge is 0.508 e. The molecule has 1 N–H and O–H groups in total. The lowest BCUT2D eigenvalue weighted by Crippen LogP contribution is -2.39. The van der Waals surface area contributed by atoms with E-state index in [9.17, 15) is 5.11 Å². The number of aryl methyl sites for hydroxylation is 1. The zero-order valence-electron chi connectivity index (χ0n) is 13.0. The quantitative estimate of drug-likeness (QED) is 0.912. The van der Waals surface area contributed by atoms with Gasteiger partial charge in [0.25, 0.3) is 0 Å². The zero-order valence-corrected chi connectivity index (χ0v) is 13.0. The smallest absolute Gasteiger partial charge is 0.115 e. The molecule has 1 aliphatic rings. The summed E-state index contributed by atoms with van der Waals surface area (Å²) in [5.41, 5.74) is 2.67. The van der Waals surface area contributed by atoms with Crippen LogP contribution < -0.4 is 0 Å². The second kappa shape index (κ2) is 7.41. The summed E-state index contributed by atoms with van der Waals surface area (Å²) in [4.78, 5) is 6.73. The first-order valence-electron chi connectivity index (χ1n) is 8.22. The molecule has 0 amide bonds. The highest BCUT2D eigenvalue weighted by Gasteiger charge is 2.22. The molecular formula is C19H24N2O.